The first-order chi connectivity index (χ1) is 7.70. The molecule has 0 radical (unpaired) electrons. The lowest BCUT2D eigenvalue weighted by molar-refractivity contribution is 0.321. The minimum absolute atomic E-state index is 0.785. The Morgan fingerprint density at radius 3 is 2.75 bits per heavy atom. The van der Waals surface area contributed by atoms with E-state index < -0.39 is 0 Å². The van der Waals surface area contributed by atoms with Crippen LogP contribution in [0.5, 0.6) is 0 Å². The fourth-order valence-electron chi connectivity index (χ4n) is 2.21. The van der Waals surface area contributed by atoms with Crippen molar-refractivity contribution < 1.29 is 0 Å². The van der Waals surface area contributed by atoms with Crippen LogP contribution in [0.15, 0.2) is 18.2 Å². The van der Waals surface area contributed by atoms with Gasteiger partial charge in [-0.3, -0.25) is 0 Å². The summed E-state index contributed by atoms with van der Waals surface area (Å²) in [5.41, 5.74) is 3.08. The van der Waals surface area contributed by atoms with Crippen molar-refractivity contribution in [1.82, 2.24) is 0 Å². The van der Waals surface area contributed by atoms with Crippen LogP contribution in [0, 0.1) is 24.2 Å². The molecule has 0 aliphatic heterocycles. The van der Waals surface area contributed by atoms with Gasteiger partial charge >= 0.3 is 0 Å². The molecule has 0 N–H and O–H groups in total. The van der Waals surface area contributed by atoms with E-state index in [1.807, 2.05) is 12.1 Å². The lowest BCUT2D eigenvalue weighted by Crippen LogP contribution is -2.29. The molecule has 1 aromatic rings. The van der Waals surface area contributed by atoms with E-state index in [-0.39, 0.29) is 0 Å². The average Bonchev–Trinajstić information content (AvgIpc) is 2.23. The summed E-state index contributed by atoms with van der Waals surface area (Å²) in [6.07, 6.45) is 4.06. The van der Waals surface area contributed by atoms with Gasteiger partial charge in [-0.15, -0.1) is 0 Å². The van der Waals surface area contributed by atoms with E-state index in [0.717, 1.165) is 23.7 Å². The van der Waals surface area contributed by atoms with E-state index in [0.29, 0.717) is 0 Å². The molecule has 2 nitrogen and oxygen atoms in total. The predicted octanol–water partition coefficient (Wildman–Crippen LogP) is 3.10. The van der Waals surface area contributed by atoms with E-state index in [1.165, 1.54) is 24.8 Å². The first kappa shape index (κ1) is 11.0. The molecule has 0 spiro atoms. The van der Waals surface area contributed by atoms with E-state index in [4.69, 9.17) is 5.26 Å². The highest BCUT2D eigenvalue weighted by molar-refractivity contribution is 5.60. The van der Waals surface area contributed by atoms with E-state index >= 15 is 0 Å². The molecule has 2 heteroatoms. The molecule has 1 aliphatic rings. The summed E-state index contributed by atoms with van der Waals surface area (Å²) in [5.74, 6) is 0.831. The smallest absolute Gasteiger partial charge is 0.101 e. The van der Waals surface area contributed by atoms with Gasteiger partial charge in [-0.2, -0.15) is 5.26 Å². The number of rotatable bonds is 3. The van der Waals surface area contributed by atoms with Crippen molar-refractivity contribution in [2.45, 2.75) is 26.2 Å². The third-order valence-corrected chi connectivity index (χ3v) is 3.44. The molecule has 1 fully saturated rings. The zero-order valence-corrected chi connectivity index (χ0v) is 10.0. The standard InChI is InChI=1S/C14H18N2/c1-11-6-7-13(9-15)14(8-11)16(2)10-12-4-3-5-12/h6-8,12H,3-5,10H2,1-2H3. The van der Waals surface area contributed by atoms with Gasteiger partial charge in [0.25, 0.3) is 0 Å². The van der Waals surface area contributed by atoms with Crippen LogP contribution in [0.25, 0.3) is 0 Å². The van der Waals surface area contributed by atoms with Crippen LogP contribution in [-0.2, 0) is 0 Å². The number of benzene rings is 1. The van der Waals surface area contributed by atoms with Gasteiger partial charge in [0.15, 0.2) is 0 Å². The highest BCUT2D eigenvalue weighted by atomic mass is 15.1. The van der Waals surface area contributed by atoms with Crippen molar-refractivity contribution in [3.05, 3.63) is 29.3 Å². The Kier molecular flexibility index (Phi) is 3.14. The van der Waals surface area contributed by atoms with Crippen molar-refractivity contribution in [2.24, 2.45) is 5.92 Å². The third-order valence-electron chi connectivity index (χ3n) is 3.44. The summed E-state index contributed by atoms with van der Waals surface area (Å²) in [5, 5.41) is 9.09. The zero-order valence-electron chi connectivity index (χ0n) is 10.0. The van der Waals surface area contributed by atoms with Crippen LogP contribution in [0.1, 0.15) is 30.4 Å². The lowest BCUT2D eigenvalue weighted by Gasteiger charge is -2.31. The van der Waals surface area contributed by atoms with Gasteiger partial charge in [-0.25, -0.2) is 0 Å². The quantitative estimate of drug-likeness (QED) is 0.773. The maximum Gasteiger partial charge on any atom is 0.101 e. The van der Waals surface area contributed by atoms with Crippen molar-refractivity contribution in [2.75, 3.05) is 18.5 Å². The van der Waals surface area contributed by atoms with Crippen LogP contribution < -0.4 is 4.90 Å². The van der Waals surface area contributed by atoms with Gasteiger partial charge in [0.1, 0.15) is 6.07 Å². The van der Waals surface area contributed by atoms with Crippen LogP contribution in [0.3, 0.4) is 0 Å². The number of aryl methyl sites for hydroxylation is 1. The molecule has 0 bridgehead atoms. The summed E-state index contributed by atoms with van der Waals surface area (Å²) in [6.45, 7) is 3.15. The second kappa shape index (κ2) is 4.57. The number of anilines is 1. The normalized spacial score (nSPS) is 15.3. The number of nitrogens with zero attached hydrogens (tertiary/aromatic N) is 2. The average molecular weight is 214 g/mol. The molecule has 84 valence electrons. The highest BCUT2D eigenvalue weighted by Gasteiger charge is 2.20. The van der Waals surface area contributed by atoms with Gasteiger partial charge in [-0.1, -0.05) is 12.5 Å². The summed E-state index contributed by atoms with van der Waals surface area (Å²) in [4.78, 5) is 2.23. The molecule has 0 atom stereocenters. The molecular weight excluding hydrogens is 196 g/mol. The van der Waals surface area contributed by atoms with Crippen LogP contribution in [0.2, 0.25) is 0 Å². The number of nitriles is 1. The zero-order chi connectivity index (χ0) is 11.5. The van der Waals surface area contributed by atoms with Gasteiger partial charge in [-0.05, 0) is 43.4 Å². The Morgan fingerprint density at radius 1 is 1.44 bits per heavy atom. The Morgan fingerprint density at radius 2 is 2.19 bits per heavy atom. The molecule has 1 aliphatic carbocycles. The molecule has 1 aromatic carbocycles. The van der Waals surface area contributed by atoms with Crippen molar-refractivity contribution >= 4 is 5.69 Å². The topological polar surface area (TPSA) is 27.0 Å². The molecule has 0 saturated heterocycles. The highest BCUT2D eigenvalue weighted by Crippen LogP contribution is 2.29. The maximum absolute atomic E-state index is 9.09. The summed E-state index contributed by atoms with van der Waals surface area (Å²) < 4.78 is 0. The van der Waals surface area contributed by atoms with Crippen LogP contribution in [-0.4, -0.2) is 13.6 Å². The van der Waals surface area contributed by atoms with E-state index in [1.54, 1.807) is 0 Å². The van der Waals surface area contributed by atoms with Crippen molar-refractivity contribution in [3.8, 4) is 6.07 Å². The molecular formula is C14H18N2. The monoisotopic (exact) mass is 214 g/mol. The van der Waals surface area contributed by atoms with Crippen LogP contribution in [0.4, 0.5) is 5.69 Å². The summed E-state index contributed by atoms with van der Waals surface area (Å²) in [7, 11) is 2.09. The molecule has 0 aromatic heterocycles. The van der Waals surface area contributed by atoms with Gasteiger partial charge in [0, 0.05) is 13.6 Å². The first-order valence-corrected chi connectivity index (χ1v) is 5.92. The van der Waals surface area contributed by atoms with Gasteiger partial charge < -0.3 is 4.90 Å². The minimum Gasteiger partial charge on any atom is -0.373 e. The van der Waals surface area contributed by atoms with Crippen molar-refractivity contribution in [1.29, 1.82) is 5.26 Å². The van der Waals surface area contributed by atoms with E-state index in [2.05, 4.69) is 31.0 Å². The largest absolute Gasteiger partial charge is 0.373 e. The second-order valence-electron chi connectivity index (χ2n) is 4.81. The van der Waals surface area contributed by atoms with E-state index in [9.17, 15) is 0 Å². The Labute approximate surface area is 97.5 Å². The third kappa shape index (κ3) is 2.19. The Bertz CT molecular complexity index is 413. The number of hydrogen-bond donors (Lipinski definition) is 0. The Balaban J connectivity index is 2.17. The van der Waals surface area contributed by atoms with Crippen molar-refractivity contribution in [3.63, 3.8) is 0 Å². The summed E-state index contributed by atoms with van der Waals surface area (Å²) >= 11 is 0. The molecule has 0 heterocycles. The molecule has 0 amide bonds. The molecule has 0 unspecified atom stereocenters. The van der Waals surface area contributed by atoms with Crippen LogP contribution >= 0.6 is 0 Å². The SMILES string of the molecule is Cc1ccc(C#N)c(N(C)CC2CCC2)c1. The maximum atomic E-state index is 9.09. The fraction of sp³-hybridized carbons (Fsp3) is 0.500. The molecule has 2 rings (SSSR count). The number of hydrogen-bond acceptors (Lipinski definition) is 2. The molecule has 16 heavy (non-hydrogen) atoms. The Hall–Kier alpha value is -1.49. The van der Waals surface area contributed by atoms with Gasteiger partial charge in [0.05, 0.1) is 11.3 Å². The second-order valence-corrected chi connectivity index (χ2v) is 4.81. The predicted molar refractivity (Wildman–Crippen MR) is 66.5 cm³/mol. The first-order valence-electron chi connectivity index (χ1n) is 5.92. The minimum atomic E-state index is 0.785. The summed E-state index contributed by atoms with van der Waals surface area (Å²) in [6, 6.07) is 8.30. The molecule has 1 saturated carbocycles. The fourth-order valence-corrected chi connectivity index (χ4v) is 2.21. The van der Waals surface area contributed by atoms with Gasteiger partial charge in [0.2, 0.25) is 0 Å². The lowest BCUT2D eigenvalue weighted by atomic mass is 9.85.